The zero-order chi connectivity index (χ0) is 19.7. The maximum Gasteiger partial charge on any atom is 0.255 e. The van der Waals surface area contributed by atoms with Crippen LogP contribution in [0.25, 0.3) is 0 Å². The minimum Gasteiger partial charge on any atom is -0.324 e. The number of anilines is 1. The molecule has 0 fully saturated rings. The number of amides is 2. The Kier molecular flexibility index (Phi) is 4.96. The van der Waals surface area contributed by atoms with E-state index in [0.717, 1.165) is 15.6 Å². The van der Waals surface area contributed by atoms with Gasteiger partial charge in [0.2, 0.25) is 5.91 Å². The highest BCUT2D eigenvalue weighted by Gasteiger charge is 2.34. The number of carbonyl (C=O) groups excluding carboxylic acids is 2. The van der Waals surface area contributed by atoms with E-state index in [9.17, 15) is 14.0 Å². The molecule has 1 atom stereocenters. The van der Waals surface area contributed by atoms with Crippen molar-refractivity contribution in [3.05, 3.63) is 99.8 Å². The maximum atomic E-state index is 13.3. The summed E-state index contributed by atoms with van der Waals surface area (Å²) in [5, 5.41) is 2.88. The van der Waals surface area contributed by atoms with E-state index in [1.807, 2.05) is 48.5 Å². The van der Waals surface area contributed by atoms with Crippen LogP contribution in [0.3, 0.4) is 0 Å². The molecule has 3 aromatic carbocycles. The Bertz CT molecular complexity index is 1040. The Labute approximate surface area is 170 Å². The summed E-state index contributed by atoms with van der Waals surface area (Å²) in [7, 11) is 0. The van der Waals surface area contributed by atoms with Gasteiger partial charge >= 0.3 is 0 Å². The summed E-state index contributed by atoms with van der Waals surface area (Å²) in [6, 6.07) is 20.0. The Hall–Kier alpha value is -2.99. The van der Waals surface area contributed by atoms with Crippen molar-refractivity contribution in [1.82, 2.24) is 4.90 Å². The molecule has 2 amide bonds. The largest absolute Gasteiger partial charge is 0.324 e. The molecule has 140 valence electrons. The summed E-state index contributed by atoms with van der Waals surface area (Å²) in [5.74, 6) is -1.03. The van der Waals surface area contributed by atoms with Crippen LogP contribution in [-0.4, -0.2) is 23.3 Å². The summed E-state index contributed by atoms with van der Waals surface area (Å²) in [4.78, 5) is 27.4. The van der Waals surface area contributed by atoms with Gasteiger partial charge in [0, 0.05) is 21.3 Å². The van der Waals surface area contributed by atoms with Crippen molar-refractivity contribution in [2.24, 2.45) is 0 Å². The van der Waals surface area contributed by atoms with Crippen LogP contribution >= 0.6 is 15.9 Å². The van der Waals surface area contributed by atoms with Gasteiger partial charge in [0.1, 0.15) is 12.4 Å². The quantitative estimate of drug-likeness (QED) is 0.626. The lowest BCUT2D eigenvalue weighted by Gasteiger charge is -2.30. The Morgan fingerprint density at radius 2 is 1.75 bits per heavy atom. The fraction of sp³-hybridized carbons (Fsp3) is 0.0909. The van der Waals surface area contributed by atoms with Crippen LogP contribution in [0.15, 0.2) is 77.3 Å². The predicted octanol–water partition coefficient (Wildman–Crippen LogP) is 4.77. The third-order valence-corrected chi connectivity index (χ3v) is 5.17. The first-order chi connectivity index (χ1) is 13.5. The number of hydrogen-bond acceptors (Lipinski definition) is 2. The van der Waals surface area contributed by atoms with Gasteiger partial charge in [-0.15, -0.1) is 0 Å². The highest BCUT2D eigenvalue weighted by molar-refractivity contribution is 9.10. The number of nitrogens with zero attached hydrogens (tertiary/aromatic N) is 1. The number of hydrogen-bond donors (Lipinski definition) is 1. The van der Waals surface area contributed by atoms with Crippen LogP contribution in [0.5, 0.6) is 0 Å². The van der Waals surface area contributed by atoms with Crippen LogP contribution < -0.4 is 5.32 Å². The second kappa shape index (κ2) is 7.56. The minimum absolute atomic E-state index is 0.109. The fourth-order valence-corrected chi connectivity index (χ4v) is 3.80. The van der Waals surface area contributed by atoms with Gasteiger partial charge in [-0.2, -0.15) is 0 Å². The number of benzene rings is 3. The molecule has 4 rings (SSSR count). The van der Waals surface area contributed by atoms with Crippen LogP contribution in [0, 0.1) is 5.82 Å². The number of carbonyl (C=O) groups is 2. The van der Waals surface area contributed by atoms with Crippen LogP contribution in [0.2, 0.25) is 0 Å². The van der Waals surface area contributed by atoms with Crippen molar-refractivity contribution in [2.45, 2.75) is 6.04 Å². The molecule has 1 heterocycles. The lowest BCUT2D eigenvalue weighted by molar-refractivity contribution is -0.117. The summed E-state index contributed by atoms with van der Waals surface area (Å²) >= 11 is 3.48. The molecule has 0 spiro atoms. The van der Waals surface area contributed by atoms with Gasteiger partial charge in [0.05, 0.1) is 6.04 Å². The molecule has 3 aromatic rings. The van der Waals surface area contributed by atoms with E-state index in [2.05, 4.69) is 21.2 Å². The zero-order valence-corrected chi connectivity index (χ0v) is 16.3. The minimum atomic E-state index is -0.467. The smallest absolute Gasteiger partial charge is 0.255 e. The predicted molar refractivity (Wildman–Crippen MR) is 108 cm³/mol. The third kappa shape index (κ3) is 3.55. The van der Waals surface area contributed by atoms with Crippen molar-refractivity contribution in [1.29, 1.82) is 0 Å². The SMILES string of the molecule is O=C1CN(C(=O)c2ccc(F)cc2)[C@H](c2ccccc2)c2cc(Br)ccc2N1. The first-order valence-electron chi connectivity index (χ1n) is 8.74. The molecule has 0 aliphatic carbocycles. The fourth-order valence-electron chi connectivity index (χ4n) is 3.42. The number of fused-ring (bicyclic) bond motifs is 1. The van der Waals surface area contributed by atoms with E-state index in [0.29, 0.717) is 11.3 Å². The molecule has 4 nitrogen and oxygen atoms in total. The highest BCUT2D eigenvalue weighted by Crippen LogP contribution is 2.37. The Morgan fingerprint density at radius 3 is 2.46 bits per heavy atom. The van der Waals surface area contributed by atoms with Crippen molar-refractivity contribution in [3.8, 4) is 0 Å². The molecule has 1 aliphatic heterocycles. The molecule has 0 saturated carbocycles. The van der Waals surface area contributed by atoms with Gasteiger partial charge in [0.15, 0.2) is 0 Å². The first kappa shape index (κ1) is 18.4. The lowest BCUT2D eigenvalue weighted by atomic mass is 9.95. The van der Waals surface area contributed by atoms with Crippen molar-refractivity contribution >= 4 is 33.4 Å². The number of nitrogens with one attached hydrogen (secondary N) is 1. The summed E-state index contributed by atoms with van der Waals surface area (Å²) in [6.45, 7) is -0.109. The molecule has 0 bridgehead atoms. The summed E-state index contributed by atoms with van der Waals surface area (Å²) < 4.78 is 14.2. The van der Waals surface area contributed by atoms with E-state index in [4.69, 9.17) is 0 Å². The molecule has 0 radical (unpaired) electrons. The van der Waals surface area contributed by atoms with Gasteiger partial charge in [-0.3, -0.25) is 9.59 Å². The average Bonchev–Trinajstić information content (AvgIpc) is 2.84. The van der Waals surface area contributed by atoms with Crippen LogP contribution in [-0.2, 0) is 4.79 Å². The van der Waals surface area contributed by atoms with Crippen molar-refractivity contribution < 1.29 is 14.0 Å². The molecule has 6 heteroatoms. The van der Waals surface area contributed by atoms with E-state index in [1.54, 1.807) is 0 Å². The van der Waals surface area contributed by atoms with Gasteiger partial charge in [-0.1, -0.05) is 46.3 Å². The summed E-state index contributed by atoms with van der Waals surface area (Å²) in [5.41, 5.74) is 2.68. The monoisotopic (exact) mass is 438 g/mol. The number of rotatable bonds is 2. The Balaban J connectivity index is 1.88. The molecular weight excluding hydrogens is 423 g/mol. The van der Waals surface area contributed by atoms with Gasteiger partial charge in [-0.05, 0) is 48.0 Å². The maximum absolute atomic E-state index is 13.3. The lowest BCUT2D eigenvalue weighted by Crippen LogP contribution is -2.39. The van der Waals surface area contributed by atoms with Gasteiger partial charge < -0.3 is 10.2 Å². The van der Waals surface area contributed by atoms with E-state index in [1.165, 1.54) is 29.2 Å². The second-order valence-corrected chi connectivity index (χ2v) is 7.45. The number of halogens is 2. The highest BCUT2D eigenvalue weighted by atomic mass is 79.9. The second-order valence-electron chi connectivity index (χ2n) is 6.53. The molecule has 1 N–H and O–H groups in total. The van der Waals surface area contributed by atoms with E-state index in [-0.39, 0.29) is 18.4 Å². The van der Waals surface area contributed by atoms with Gasteiger partial charge in [0.25, 0.3) is 5.91 Å². The Morgan fingerprint density at radius 1 is 1.04 bits per heavy atom. The molecule has 0 saturated heterocycles. The van der Waals surface area contributed by atoms with Crippen LogP contribution in [0.1, 0.15) is 27.5 Å². The molecular formula is C22H16BrFN2O2. The van der Waals surface area contributed by atoms with Crippen molar-refractivity contribution in [3.63, 3.8) is 0 Å². The topological polar surface area (TPSA) is 49.4 Å². The van der Waals surface area contributed by atoms with Crippen molar-refractivity contribution in [2.75, 3.05) is 11.9 Å². The third-order valence-electron chi connectivity index (χ3n) is 4.68. The van der Waals surface area contributed by atoms with Gasteiger partial charge in [-0.25, -0.2) is 4.39 Å². The van der Waals surface area contributed by atoms with Crippen LogP contribution in [0.4, 0.5) is 10.1 Å². The molecule has 0 unspecified atom stereocenters. The molecule has 0 aromatic heterocycles. The normalized spacial score (nSPS) is 16.1. The summed E-state index contributed by atoms with van der Waals surface area (Å²) in [6.07, 6.45) is 0. The first-order valence-corrected chi connectivity index (χ1v) is 9.53. The average molecular weight is 439 g/mol. The molecule has 28 heavy (non-hydrogen) atoms. The molecule has 1 aliphatic rings. The van der Waals surface area contributed by atoms with E-state index >= 15 is 0 Å². The zero-order valence-electron chi connectivity index (χ0n) is 14.7. The standard InChI is InChI=1S/C22H16BrFN2O2/c23-16-8-11-19-18(12-16)21(14-4-2-1-3-5-14)26(13-20(27)25-19)22(28)15-6-9-17(24)10-7-15/h1-12,21H,13H2,(H,25,27)/t21-/m1/s1. The van der Waals surface area contributed by atoms with E-state index < -0.39 is 11.9 Å².